The number of hydrogen-bond acceptors (Lipinski definition) is 17. The number of nitrogens with zero attached hydrogens (tertiary/aromatic N) is 9. The Morgan fingerprint density at radius 1 is 0.487 bits per heavy atom. The molecule has 24 nitrogen and oxygen atoms in total. The SMILES string of the molecule is COC(=O)CBr.COc1ccc2c(C)[nH]nc2c1.COc1ccc2c(C)nn(CC(=O)C[C@@H](Cc3cc(F)cc(F)c3)c3ncccc3-c3cccc(C(N)=O)c3)c2c1.COc1ccc2c(C)nn(CC(=O)O)c2c1.Cc1nn(CC(=O)C[C@@H](Cc2cc(F)cc(F)c2)c2ncccc2-c2cccc(C(N)=O)c2)c2cc(O)ccc12. The van der Waals surface area contributed by atoms with Crippen molar-refractivity contribution in [2.24, 2.45) is 11.5 Å². The summed E-state index contributed by atoms with van der Waals surface area (Å²) in [4.78, 5) is 80.5. The normalized spacial score (nSPS) is 11.4. The van der Waals surface area contributed by atoms with E-state index in [1.807, 2.05) is 94.4 Å². The van der Waals surface area contributed by atoms with Gasteiger partial charge in [0.15, 0.2) is 11.6 Å². The van der Waals surface area contributed by atoms with Crippen molar-refractivity contribution in [2.75, 3.05) is 33.8 Å². The Hall–Kier alpha value is -13.4. The minimum absolute atomic E-state index is 0.00310. The molecule has 0 fully saturated rings. The number of alkyl halides is 1. The number of fused-ring (bicyclic) bond motifs is 4. The van der Waals surface area contributed by atoms with Gasteiger partial charge in [-0.2, -0.15) is 20.4 Å². The number of carboxylic acids is 1. The van der Waals surface area contributed by atoms with E-state index in [9.17, 15) is 51.4 Å². The molecule has 592 valence electrons. The molecule has 0 saturated carbocycles. The number of carboxylic acid groups (broad SMARTS) is 1. The van der Waals surface area contributed by atoms with Gasteiger partial charge < -0.3 is 40.6 Å². The van der Waals surface area contributed by atoms with Crippen LogP contribution in [0.3, 0.4) is 0 Å². The number of ether oxygens (including phenoxy) is 4. The summed E-state index contributed by atoms with van der Waals surface area (Å²) >= 11 is 2.90. The molecule has 6 aromatic heterocycles. The van der Waals surface area contributed by atoms with E-state index in [0.29, 0.717) is 72.9 Å². The van der Waals surface area contributed by atoms with Crippen molar-refractivity contribution in [3.8, 4) is 45.3 Å². The number of amides is 2. The third kappa shape index (κ3) is 21.8. The lowest BCUT2D eigenvalue weighted by Crippen LogP contribution is -2.18. The van der Waals surface area contributed by atoms with Gasteiger partial charge in [0.2, 0.25) is 11.8 Å². The molecule has 14 rings (SSSR count). The second kappa shape index (κ2) is 38.7. The van der Waals surface area contributed by atoms with Crippen molar-refractivity contribution in [1.29, 1.82) is 0 Å². The first-order valence-electron chi connectivity index (χ1n) is 35.8. The van der Waals surface area contributed by atoms with Crippen molar-refractivity contribution < 1.29 is 75.5 Å². The number of methoxy groups -OCH3 is 4. The Kier molecular flexibility index (Phi) is 28.2. The van der Waals surface area contributed by atoms with Crippen LogP contribution < -0.4 is 25.7 Å². The number of aryl methyl sites for hydroxylation is 4. The summed E-state index contributed by atoms with van der Waals surface area (Å²) in [6.45, 7) is 7.33. The van der Waals surface area contributed by atoms with Crippen molar-refractivity contribution >= 4 is 94.9 Å². The lowest BCUT2D eigenvalue weighted by Gasteiger charge is -2.20. The van der Waals surface area contributed by atoms with Crippen LogP contribution >= 0.6 is 15.9 Å². The zero-order chi connectivity index (χ0) is 82.7. The number of nitrogens with one attached hydrogen (secondary N) is 1. The molecule has 0 aliphatic rings. The van der Waals surface area contributed by atoms with E-state index >= 15 is 0 Å². The Bertz CT molecular complexity index is 5860. The van der Waals surface area contributed by atoms with E-state index in [0.717, 1.165) is 78.8 Å². The molecule has 0 unspecified atom stereocenters. The van der Waals surface area contributed by atoms with Crippen LogP contribution in [0.4, 0.5) is 17.6 Å². The summed E-state index contributed by atoms with van der Waals surface area (Å²) in [6.07, 6.45) is 3.52. The second-order valence-corrected chi connectivity index (χ2v) is 27.2. The highest BCUT2D eigenvalue weighted by atomic mass is 79.9. The molecule has 0 spiro atoms. The van der Waals surface area contributed by atoms with Gasteiger partial charge in [-0.3, -0.25) is 57.9 Å². The lowest BCUT2D eigenvalue weighted by molar-refractivity contribution is -0.138. The summed E-state index contributed by atoms with van der Waals surface area (Å²) in [5, 5.41) is 43.1. The number of phenolic OH excluding ortho intramolecular Hbond substituents is 1. The van der Waals surface area contributed by atoms with Gasteiger partial charge >= 0.3 is 11.9 Å². The van der Waals surface area contributed by atoms with Gasteiger partial charge in [0.05, 0.1) is 79.0 Å². The van der Waals surface area contributed by atoms with Crippen LogP contribution in [0.2, 0.25) is 0 Å². The zero-order valence-electron chi connectivity index (χ0n) is 63.8. The van der Waals surface area contributed by atoms with E-state index in [1.165, 1.54) is 36.1 Å². The molecule has 8 aromatic carbocycles. The zero-order valence-corrected chi connectivity index (χ0v) is 65.4. The number of aromatic amines is 1. The molecule has 0 radical (unpaired) electrons. The highest BCUT2D eigenvalue weighted by molar-refractivity contribution is 9.09. The van der Waals surface area contributed by atoms with E-state index in [1.54, 1.807) is 122 Å². The van der Waals surface area contributed by atoms with Gasteiger partial charge in [-0.05, 0) is 172 Å². The molecule has 29 heteroatoms. The van der Waals surface area contributed by atoms with Crippen LogP contribution in [-0.2, 0) is 56.4 Å². The first-order chi connectivity index (χ1) is 55.1. The number of esters is 1. The number of ketones is 2. The van der Waals surface area contributed by atoms with Crippen molar-refractivity contribution in [1.82, 2.24) is 49.5 Å². The third-order valence-electron chi connectivity index (χ3n) is 18.6. The fourth-order valence-corrected chi connectivity index (χ4v) is 13.5. The number of aromatic nitrogens is 10. The first-order valence-corrected chi connectivity index (χ1v) is 36.9. The fraction of sp³-hybridized carbons (Fsp3) is 0.209. The predicted octanol–water partition coefficient (Wildman–Crippen LogP) is 15.1. The number of pyridine rings is 2. The predicted molar refractivity (Wildman–Crippen MR) is 430 cm³/mol. The van der Waals surface area contributed by atoms with Crippen LogP contribution in [0.5, 0.6) is 23.0 Å². The molecule has 2 amide bonds. The van der Waals surface area contributed by atoms with Crippen molar-refractivity contribution in [2.45, 2.75) is 84.8 Å². The topological polar surface area (TPSA) is 340 Å². The number of halogens is 5. The number of phenols is 1. The Labute approximate surface area is 665 Å². The molecule has 0 bridgehead atoms. The minimum Gasteiger partial charge on any atom is -0.508 e. The monoisotopic (exact) mass is 1630 g/mol. The van der Waals surface area contributed by atoms with Crippen LogP contribution in [0.1, 0.15) is 90.7 Å². The van der Waals surface area contributed by atoms with Gasteiger partial charge in [-0.1, -0.05) is 52.3 Å². The molecular formula is C86H81BrF4N12O12. The number of primary amides is 2. The van der Waals surface area contributed by atoms with E-state index in [-0.39, 0.29) is 73.9 Å². The van der Waals surface area contributed by atoms with Crippen LogP contribution in [0.25, 0.3) is 65.9 Å². The quantitative estimate of drug-likeness (QED) is 0.0213. The lowest BCUT2D eigenvalue weighted by atomic mass is 9.86. The maximum Gasteiger partial charge on any atom is 0.325 e. The second-order valence-electron chi connectivity index (χ2n) is 26.6. The molecule has 6 heterocycles. The number of carbonyl (C=O) groups is 6. The smallest absolute Gasteiger partial charge is 0.325 e. The number of hydrogen-bond donors (Lipinski definition) is 5. The average molecular weight is 1630 g/mol. The van der Waals surface area contributed by atoms with Gasteiger partial charge in [0.1, 0.15) is 71.2 Å². The number of nitrogens with two attached hydrogens (primary N) is 2. The van der Waals surface area contributed by atoms with Gasteiger partial charge in [0.25, 0.3) is 0 Å². The third-order valence-corrected chi connectivity index (χ3v) is 19.0. The van der Waals surface area contributed by atoms with Crippen molar-refractivity contribution in [3.63, 3.8) is 0 Å². The molecule has 7 N–H and O–H groups in total. The molecule has 0 aliphatic heterocycles. The summed E-state index contributed by atoms with van der Waals surface area (Å²) in [5.74, 6) is -4.30. The highest BCUT2D eigenvalue weighted by Gasteiger charge is 2.27. The van der Waals surface area contributed by atoms with Crippen molar-refractivity contribution in [3.05, 3.63) is 274 Å². The molecule has 115 heavy (non-hydrogen) atoms. The van der Waals surface area contributed by atoms with Gasteiger partial charge in [-0.15, -0.1) is 0 Å². The van der Waals surface area contributed by atoms with Crippen LogP contribution in [-0.4, -0.2) is 129 Å². The maximum absolute atomic E-state index is 14.1. The Balaban J connectivity index is 0.000000173. The Morgan fingerprint density at radius 2 is 0.887 bits per heavy atom. The molecule has 2 atom stereocenters. The van der Waals surface area contributed by atoms with Crippen LogP contribution in [0.15, 0.2) is 194 Å². The Morgan fingerprint density at radius 3 is 1.28 bits per heavy atom. The number of rotatable bonds is 24. The summed E-state index contributed by atoms with van der Waals surface area (Å²) in [7, 11) is 6.15. The van der Waals surface area contributed by atoms with Gasteiger partial charge in [0, 0.05) is 123 Å². The summed E-state index contributed by atoms with van der Waals surface area (Å²) < 4.78 is 80.8. The van der Waals surface area contributed by atoms with E-state index < -0.39 is 52.9 Å². The maximum atomic E-state index is 14.1. The number of H-pyrrole nitrogens is 1. The molecule has 0 saturated heterocycles. The number of aliphatic carboxylic acids is 1. The number of benzene rings is 8. The largest absolute Gasteiger partial charge is 0.508 e. The minimum atomic E-state index is -0.910. The standard InChI is InChI=1S/C32H28F2N4O3.C31H26F2N4O3.C11H12N2O3.C9H10N2O.C3H5BrO2/c1-19-28-9-8-27(41-2)17-30(28)38(37-19)18-26(39)15-23(11-20-12-24(33)16-25(34)13-20)31-29(7-4-10-36-31)21-5-3-6-22(14-21)32(35)40;1-18-27-8-7-25(38)16-29(27)37(36-18)17-26(39)14-22(10-19-11-23(32)15-24(33)12-19)30-28(6-3-9-35-30)20-4-2-5-21(13-20)31(34)40;1-7-9-4-3-8(16-2)5-10(9)13(12-7)6-11(14)15;1-6-8-4-3-7(12-2)5-9(8)11-10-6;1-6-3(5)2-4/h3-10,12-14,16-17,23H,11,15,18H2,1-2H3,(H2,35,40);2-9,11-13,15-16,22,38H,10,14,17H2,1H3,(H2,34,40);3-5H,6H2,1-2H3,(H,14,15);3-5H,1-2H3,(H,10,11);2H2,1H3/t23-;22-;;;/m11.../s1. The molecule has 14 aromatic rings. The van der Waals surface area contributed by atoms with Gasteiger partial charge in [-0.25, -0.2) is 17.6 Å². The summed E-state index contributed by atoms with van der Waals surface area (Å²) in [5.41, 5.74) is 22.8. The number of carbonyl (C=O) groups excluding carboxylic acids is 5. The number of aromatic hydroxyl groups is 1. The van der Waals surface area contributed by atoms with E-state index in [2.05, 4.69) is 56.1 Å². The van der Waals surface area contributed by atoms with E-state index in [4.69, 9.17) is 30.8 Å². The molecular weight excluding hydrogens is 1550 g/mol. The average Bonchev–Trinajstić information content (AvgIpc) is 1.72. The summed E-state index contributed by atoms with van der Waals surface area (Å²) in [6, 6.07) is 49.1. The fourth-order valence-electron chi connectivity index (χ4n) is 13.2. The van der Waals surface area contributed by atoms with Crippen LogP contribution in [0, 0.1) is 51.0 Å². The highest BCUT2D eigenvalue weighted by Crippen LogP contribution is 2.37. The first kappa shape index (κ1) is 84.0. The molecule has 0 aliphatic carbocycles. The number of Topliss-reactive ketones (excluding diaryl/α,β-unsaturated/α-hetero) is 2.